The number of hydrogen-bond donors (Lipinski definition) is 2. The fraction of sp³-hybridized carbons (Fsp3) is 0.130. The summed E-state index contributed by atoms with van der Waals surface area (Å²) in [5.74, 6) is -0.297. The second-order valence-electron chi connectivity index (χ2n) is 6.59. The molecule has 0 fully saturated rings. The van der Waals surface area contributed by atoms with Crippen molar-refractivity contribution in [2.24, 2.45) is 0 Å². The van der Waals surface area contributed by atoms with E-state index in [4.69, 9.17) is 14.0 Å². The molecule has 0 aliphatic heterocycles. The number of rotatable bonds is 8. The van der Waals surface area contributed by atoms with Crippen molar-refractivity contribution in [2.45, 2.75) is 6.92 Å². The zero-order valence-corrected chi connectivity index (χ0v) is 17.5. The molecule has 0 atom stereocenters. The Balaban J connectivity index is 1.57. The molecule has 2 amide bonds. The number of nitrogens with zero attached hydrogens (tertiary/aromatic N) is 1. The van der Waals surface area contributed by atoms with Crippen LogP contribution in [0.3, 0.4) is 0 Å². The number of benzene rings is 2. The van der Waals surface area contributed by atoms with E-state index in [1.54, 1.807) is 62.6 Å². The van der Waals surface area contributed by atoms with Crippen molar-refractivity contribution in [3.8, 4) is 5.75 Å². The van der Waals surface area contributed by atoms with Crippen molar-refractivity contribution in [3.63, 3.8) is 0 Å². The van der Waals surface area contributed by atoms with Crippen molar-refractivity contribution >= 4 is 35.4 Å². The van der Waals surface area contributed by atoms with Gasteiger partial charge < -0.3 is 24.6 Å². The summed E-state index contributed by atoms with van der Waals surface area (Å²) in [4.78, 5) is 36.7. The summed E-state index contributed by atoms with van der Waals surface area (Å²) in [6, 6.07) is 15.0. The van der Waals surface area contributed by atoms with E-state index in [2.05, 4.69) is 15.8 Å². The molecule has 1 aromatic heterocycles. The second-order valence-corrected chi connectivity index (χ2v) is 6.59. The van der Waals surface area contributed by atoms with Gasteiger partial charge in [-0.2, -0.15) is 0 Å². The van der Waals surface area contributed by atoms with Crippen LogP contribution in [0, 0.1) is 6.92 Å². The van der Waals surface area contributed by atoms with Crippen molar-refractivity contribution in [3.05, 3.63) is 77.6 Å². The number of nitrogens with one attached hydrogen (secondary N) is 2. The van der Waals surface area contributed by atoms with E-state index in [0.29, 0.717) is 11.5 Å². The first-order chi connectivity index (χ1) is 15.4. The highest BCUT2D eigenvalue weighted by Gasteiger charge is 2.16. The quantitative estimate of drug-likeness (QED) is 0.411. The number of methoxy groups -OCH3 is 1. The minimum atomic E-state index is -0.758. The molecule has 0 radical (unpaired) electrons. The van der Waals surface area contributed by atoms with Crippen LogP contribution in [0.4, 0.5) is 11.5 Å². The molecule has 3 rings (SSSR count). The number of aryl methyl sites for hydroxylation is 1. The van der Waals surface area contributed by atoms with Gasteiger partial charge in [0.25, 0.3) is 5.91 Å². The average molecular weight is 435 g/mol. The molecule has 3 aromatic rings. The third-order valence-corrected chi connectivity index (χ3v) is 4.18. The van der Waals surface area contributed by atoms with Gasteiger partial charge in [0.1, 0.15) is 11.5 Å². The number of ether oxygens (including phenoxy) is 2. The van der Waals surface area contributed by atoms with E-state index >= 15 is 0 Å². The Labute approximate surface area is 184 Å². The van der Waals surface area contributed by atoms with E-state index < -0.39 is 24.4 Å². The van der Waals surface area contributed by atoms with Gasteiger partial charge in [0.15, 0.2) is 12.4 Å². The SMILES string of the molecule is COc1ccc(/C=C/C(=O)Nc2ccccc2C(=O)OCC(=O)Nc2cc(C)on2)cc1. The molecule has 0 aliphatic rings. The maximum Gasteiger partial charge on any atom is 0.340 e. The Morgan fingerprint density at radius 2 is 1.81 bits per heavy atom. The van der Waals surface area contributed by atoms with Gasteiger partial charge in [-0.15, -0.1) is 0 Å². The first-order valence-electron chi connectivity index (χ1n) is 9.57. The number of esters is 1. The van der Waals surface area contributed by atoms with Crippen LogP contribution in [0.5, 0.6) is 5.75 Å². The monoisotopic (exact) mass is 435 g/mol. The molecule has 9 heteroatoms. The summed E-state index contributed by atoms with van der Waals surface area (Å²) in [6.45, 7) is 1.16. The van der Waals surface area contributed by atoms with Crippen LogP contribution < -0.4 is 15.4 Å². The smallest absolute Gasteiger partial charge is 0.340 e. The third-order valence-electron chi connectivity index (χ3n) is 4.18. The Morgan fingerprint density at radius 1 is 1.06 bits per heavy atom. The summed E-state index contributed by atoms with van der Waals surface area (Å²) in [5, 5.41) is 8.72. The highest BCUT2D eigenvalue weighted by atomic mass is 16.5. The molecular formula is C23H21N3O6. The van der Waals surface area contributed by atoms with Crippen LogP contribution in [-0.4, -0.2) is 36.7 Å². The lowest BCUT2D eigenvalue weighted by atomic mass is 10.1. The Morgan fingerprint density at radius 3 is 2.50 bits per heavy atom. The summed E-state index contributed by atoms with van der Waals surface area (Å²) >= 11 is 0. The predicted octanol–water partition coefficient (Wildman–Crippen LogP) is 3.44. The number of carbonyl (C=O) groups excluding carboxylic acids is 3. The summed E-state index contributed by atoms with van der Waals surface area (Å²) in [5.41, 5.74) is 1.18. The normalized spacial score (nSPS) is 10.6. The first kappa shape index (κ1) is 22.3. The first-order valence-corrected chi connectivity index (χ1v) is 9.57. The lowest BCUT2D eigenvalue weighted by molar-refractivity contribution is -0.119. The number of aromatic nitrogens is 1. The minimum Gasteiger partial charge on any atom is -0.497 e. The molecule has 0 unspecified atom stereocenters. The molecule has 0 saturated carbocycles. The van der Waals surface area contributed by atoms with Crippen LogP contribution in [-0.2, 0) is 14.3 Å². The lowest BCUT2D eigenvalue weighted by Gasteiger charge is -2.09. The second kappa shape index (κ2) is 10.6. The molecule has 9 nitrogen and oxygen atoms in total. The van der Waals surface area contributed by atoms with Gasteiger partial charge in [0, 0.05) is 12.1 Å². The van der Waals surface area contributed by atoms with E-state index in [9.17, 15) is 14.4 Å². The molecule has 0 bridgehead atoms. The van der Waals surface area contributed by atoms with E-state index in [1.807, 2.05) is 0 Å². The van der Waals surface area contributed by atoms with Gasteiger partial charge in [-0.3, -0.25) is 9.59 Å². The van der Waals surface area contributed by atoms with Gasteiger partial charge in [-0.1, -0.05) is 29.4 Å². The topological polar surface area (TPSA) is 120 Å². The average Bonchev–Trinajstić information content (AvgIpc) is 3.21. The molecule has 0 saturated heterocycles. The highest BCUT2D eigenvalue weighted by molar-refractivity contribution is 6.06. The minimum absolute atomic E-state index is 0.115. The van der Waals surface area contributed by atoms with Crippen LogP contribution >= 0.6 is 0 Å². The van der Waals surface area contributed by atoms with Gasteiger partial charge in [0.2, 0.25) is 5.91 Å². The summed E-state index contributed by atoms with van der Waals surface area (Å²) in [6.07, 6.45) is 2.98. The molecular weight excluding hydrogens is 414 g/mol. The maximum atomic E-state index is 12.4. The fourth-order valence-corrected chi connectivity index (χ4v) is 2.64. The number of carbonyl (C=O) groups is 3. The number of anilines is 2. The van der Waals surface area contributed by atoms with Gasteiger partial charge in [0.05, 0.1) is 18.4 Å². The Hall–Kier alpha value is -4.40. The molecule has 0 spiro atoms. The van der Waals surface area contributed by atoms with Crippen LogP contribution in [0.2, 0.25) is 0 Å². The number of hydrogen-bond acceptors (Lipinski definition) is 7. The van der Waals surface area contributed by atoms with Crippen molar-refractivity contribution < 1.29 is 28.4 Å². The molecule has 0 aliphatic carbocycles. The predicted molar refractivity (Wildman–Crippen MR) is 117 cm³/mol. The van der Waals surface area contributed by atoms with Crippen LogP contribution in [0.15, 0.2) is 65.2 Å². The van der Waals surface area contributed by atoms with Gasteiger partial charge >= 0.3 is 5.97 Å². The zero-order valence-electron chi connectivity index (χ0n) is 17.5. The van der Waals surface area contributed by atoms with E-state index in [-0.39, 0.29) is 17.1 Å². The number of para-hydroxylation sites is 1. The van der Waals surface area contributed by atoms with Crippen molar-refractivity contribution in [1.82, 2.24) is 5.16 Å². The number of amides is 2. The zero-order chi connectivity index (χ0) is 22.9. The highest BCUT2D eigenvalue weighted by Crippen LogP contribution is 2.17. The maximum absolute atomic E-state index is 12.4. The van der Waals surface area contributed by atoms with Crippen molar-refractivity contribution in [2.75, 3.05) is 24.4 Å². The van der Waals surface area contributed by atoms with Crippen LogP contribution in [0.25, 0.3) is 6.08 Å². The summed E-state index contributed by atoms with van der Waals surface area (Å²) < 4.78 is 15.0. The van der Waals surface area contributed by atoms with Crippen molar-refractivity contribution in [1.29, 1.82) is 0 Å². The van der Waals surface area contributed by atoms with Crippen LogP contribution in [0.1, 0.15) is 21.7 Å². The Bertz CT molecular complexity index is 1130. The summed E-state index contributed by atoms with van der Waals surface area (Å²) in [7, 11) is 1.57. The van der Waals surface area contributed by atoms with E-state index in [1.165, 1.54) is 18.2 Å². The standard InChI is InChI=1S/C23H21N3O6/c1-15-13-20(26-32-15)25-22(28)14-31-23(29)18-5-3-4-6-19(18)24-21(27)12-9-16-7-10-17(30-2)11-8-16/h3-13H,14H2,1-2H3,(H,24,27)(H,25,26,28)/b12-9+. The molecule has 1 heterocycles. The van der Waals surface area contributed by atoms with E-state index in [0.717, 1.165) is 5.56 Å². The molecule has 164 valence electrons. The third kappa shape index (κ3) is 6.30. The van der Waals surface area contributed by atoms with Gasteiger partial charge in [-0.25, -0.2) is 4.79 Å². The molecule has 2 N–H and O–H groups in total. The molecule has 2 aromatic carbocycles. The lowest BCUT2D eigenvalue weighted by Crippen LogP contribution is -2.22. The van der Waals surface area contributed by atoms with Gasteiger partial charge in [-0.05, 0) is 42.8 Å². The largest absolute Gasteiger partial charge is 0.497 e. The fourth-order valence-electron chi connectivity index (χ4n) is 2.64. The Kier molecular flexibility index (Phi) is 7.37. The molecule has 32 heavy (non-hydrogen) atoms.